The second kappa shape index (κ2) is 3.58. The van der Waals surface area contributed by atoms with Crippen LogP contribution in [0.15, 0.2) is 0 Å². The molecule has 0 aromatic carbocycles. The van der Waals surface area contributed by atoms with Crippen LogP contribution in [-0.4, -0.2) is 10.4 Å². The van der Waals surface area contributed by atoms with E-state index in [0.717, 1.165) is 22.2 Å². The highest BCUT2D eigenvalue weighted by molar-refractivity contribution is 7.10. The van der Waals surface area contributed by atoms with E-state index in [0.29, 0.717) is 6.04 Å². The zero-order valence-electron chi connectivity index (χ0n) is 8.37. The molecule has 0 spiro atoms. The van der Waals surface area contributed by atoms with E-state index in [2.05, 4.69) is 22.7 Å². The second-order valence-electron chi connectivity index (χ2n) is 4.00. The largest absolute Gasteiger partial charge is 0.372 e. The van der Waals surface area contributed by atoms with Crippen molar-refractivity contribution in [1.82, 2.24) is 4.37 Å². The molecule has 0 unspecified atom stereocenters. The molecule has 0 amide bonds. The van der Waals surface area contributed by atoms with E-state index in [1.807, 2.05) is 6.92 Å². The van der Waals surface area contributed by atoms with E-state index in [1.54, 1.807) is 0 Å². The lowest BCUT2D eigenvalue weighted by molar-refractivity contribution is 0.309. The summed E-state index contributed by atoms with van der Waals surface area (Å²) in [6, 6.07) is 2.75. The zero-order valence-corrected chi connectivity index (χ0v) is 9.19. The van der Waals surface area contributed by atoms with Crippen molar-refractivity contribution in [1.29, 1.82) is 5.26 Å². The maximum atomic E-state index is 8.92. The Morgan fingerprint density at radius 2 is 2.29 bits per heavy atom. The molecule has 1 aliphatic carbocycles. The summed E-state index contributed by atoms with van der Waals surface area (Å²) < 4.78 is 4.17. The van der Waals surface area contributed by atoms with Crippen LogP contribution in [0.1, 0.15) is 31.0 Å². The topological polar surface area (TPSA) is 48.7 Å². The van der Waals surface area contributed by atoms with Gasteiger partial charge in [-0.15, -0.1) is 0 Å². The summed E-state index contributed by atoms with van der Waals surface area (Å²) in [5, 5.41) is 13.2. The molecule has 1 heterocycles. The first kappa shape index (κ1) is 9.47. The number of hydrogen-bond donors (Lipinski definition) is 1. The summed E-state index contributed by atoms with van der Waals surface area (Å²) in [4.78, 5) is 0. The average molecular weight is 207 g/mol. The van der Waals surface area contributed by atoms with Crippen LogP contribution < -0.4 is 5.32 Å². The normalized spacial score (nSPS) is 25.2. The monoisotopic (exact) mass is 207 g/mol. The van der Waals surface area contributed by atoms with E-state index in [4.69, 9.17) is 5.26 Å². The minimum atomic E-state index is 0.553. The number of nitriles is 1. The van der Waals surface area contributed by atoms with Crippen molar-refractivity contribution in [3.05, 3.63) is 11.3 Å². The van der Waals surface area contributed by atoms with Gasteiger partial charge in [0, 0.05) is 6.04 Å². The Labute approximate surface area is 87.9 Å². The number of rotatable bonds is 2. The van der Waals surface area contributed by atoms with Gasteiger partial charge in [0.25, 0.3) is 0 Å². The zero-order chi connectivity index (χ0) is 10.1. The lowest BCUT2D eigenvalue weighted by Crippen LogP contribution is -2.33. The smallest absolute Gasteiger partial charge is 0.127 e. The molecule has 1 fully saturated rings. The summed E-state index contributed by atoms with van der Waals surface area (Å²) in [5.74, 6) is 0.826. The lowest BCUT2D eigenvalue weighted by Gasteiger charge is -2.33. The first-order chi connectivity index (χ1) is 6.70. The van der Waals surface area contributed by atoms with Crippen LogP contribution in [0.3, 0.4) is 0 Å². The van der Waals surface area contributed by atoms with Gasteiger partial charge in [0.1, 0.15) is 16.6 Å². The van der Waals surface area contributed by atoms with Gasteiger partial charge in [0.05, 0.1) is 5.69 Å². The van der Waals surface area contributed by atoms with Gasteiger partial charge in [0.2, 0.25) is 0 Å². The second-order valence-corrected chi connectivity index (χ2v) is 4.78. The van der Waals surface area contributed by atoms with Gasteiger partial charge < -0.3 is 5.32 Å². The minimum Gasteiger partial charge on any atom is -0.372 e. The SMILES string of the molecule is Cc1nsc(NC2CC(C)C2)c1C#N. The van der Waals surface area contributed by atoms with E-state index in [9.17, 15) is 0 Å². The van der Waals surface area contributed by atoms with Crippen LogP contribution >= 0.6 is 11.5 Å². The fourth-order valence-electron chi connectivity index (χ4n) is 1.81. The predicted octanol–water partition coefficient (Wildman–Crippen LogP) is 2.53. The first-order valence-corrected chi connectivity index (χ1v) is 5.61. The lowest BCUT2D eigenvalue weighted by atomic mass is 9.82. The number of anilines is 1. The third-order valence-corrected chi connectivity index (χ3v) is 3.55. The van der Waals surface area contributed by atoms with Crippen LogP contribution in [0, 0.1) is 24.2 Å². The number of aryl methyl sites for hydroxylation is 1. The molecule has 0 atom stereocenters. The van der Waals surface area contributed by atoms with Gasteiger partial charge in [-0.3, -0.25) is 0 Å². The van der Waals surface area contributed by atoms with Gasteiger partial charge in [0.15, 0.2) is 0 Å². The van der Waals surface area contributed by atoms with E-state index < -0.39 is 0 Å². The number of nitrogens with one attached hydrogen (secondary N) is 1. The third-order valence-electron chi connectivity index (χ3n) is 2.68. The molecule has 2 rings (SSSR count). The molecule has 1 saturated carbocycles. The number of hydrogen-bond acceptors (Lipinski definition) is 4. The fourth-order valence-corrected chi connectivity index (χ4v) is 2.63. The maximum Gasteiger partial charge on any atom is 0.127 e. The van der Waals surface area contributed by atoms with Crippen molar-refractivity contribution in [2.24, 2.45) is 5.92 Å². The molecule has 3 nitrogen and oxygen atoms in total. The molecular formula is C10H13N3S. The van der Waals surface area contributed by atoms with Crippen molar-refractivity contribution in [2.45, 2.75) is 32.7 Å². The standard InChI is InChI=1S/C10H13N3S/c1-6-3-8(4-6)12-10-9(5-11)7(2)13-14-10/h6,8,12H,3-4H2,1-2H3. The Morgan fingerprint density at radius 3 is 2.86 bits per heavy atom. The first-order valence-electron chi connectivity index (χ1n) is 4.83. The Bertz CT molecular complexity index is 371. The molecule has 0 saturated heterocycles. The summed E-state index contributed by atoms with van der Waals surface area (Å²) in [6.45, 7) is 4.13. The summed E-state index contributed by atoms with van der Waals surface area (Å²) in [5.41, 5.74) is 1.56. The minimum absolute atomic E-state index is 0.553. The van der Waals surface area contributed by atoms with E-state index in [1.165, 1.54) is 24.4 Å². The van der Waals surface area contributed by atoms with E-state index >= 15 is 0 Å². The van der Waals surface area contributed by atoms with Gasteiger partial charge in [-0.05, 0) is 37.2 Å². The molecule has 0 aliphatic heterocycles. The molecule has 0 bridgehead atoms. The van der Waals surface area contributed by atoms with Gasteiger partial charge in [-0.1, -0.05) is 6.92 Å². The molecule has 1 aromatic rings. The molecule has 1 N–H and O–H groups in total. The summed E-state index contributed by atoms with van der Waals surface area (Å²) >= 11 is 1.40. The Kier molecular flexibility index (Phi) is 2.42. The van der Waals surface area contributed by atoms with E-state index in [-0.39, 0.29) is 0 Å². The fraction of sp³-hybridized carbons (Fsp3) is 0.600. The molecule has 1 aliphatic rings. The van der Waals surface area contributed by atoms with Gasteiger partial charge in [-0.25, -0.2) is 0 Å². The van der Waals surface area contributed by atoms with Crippen molar-refractivity contribution >= 4 is 16.5 Å². The van der Waals surface area contributed by atoms with Crippen molar-refractivity contribution < 1.29 is 0 Å². The highest BCUT2D eigenvalue weighted by Crippen LogP contribution is 2.32. The summed E-state index contributed by atoms with van der Waals surface area (Å²) in [6.07, 6.45) is 2.42. The molecule has 14 heavy (non-hydrogen) atoms. The Hall–Kier alpha value is -1.08. The molecule has 74 valence electrons. The van der Waals surface area contributed by atoms with Crippen molar-refractivity contribution in [2.75, 3.05) is 5.32 Å². The van der Waals surface area contributed by atoms with Crippen LogP contribution in [0.5, 0.6) is 0 Å². The van der Waals surface area contributed by atoms with Crippen LogP contribution in [0.25, 0.3) is 0 Å². The molecule has 4 heteroatoms. The molecular weight excluding hydrogens is 194 g/mol. The Balaban J connectivity index is 2.06. The van der Waals surface area contributed by atoms with Crippen LogP contribution in [0.2, 0.25) is 0 Å². The summed E-state index contributed by atoms with van der Waals surface area (Å²) in [7, 11) is 0. The highest BCUT2D eigenvalue weighted by Gasteiger charge is 2.26. The quantitative estimate of drug-likeness (QED) is 0.810. The molecule has 0 radical (unpaired) electrons. The third kappa shape index (κ3) is 1.60. The number of nitrogens with zero attached hydrogens (tertiary/aromatic N) is 2. The van der Waals surface area contributed by atoms with Crippen LogP contribution in [0.4, 0.5) is 5.00 Å². The average Bonchev–Trinajstić information content (AvgIpc) is 2.44. The highest BCUT2D eigenvalue weighted by atomic mass is 32.1. The number of aromatic nitrogens is 1. The van der Waals surface area contributed by atoms with Gasteiger partial charge >= 0.3 is 0 Å². The Morgan fingerprint density at radius 1 is 1.57 bits per heavy atom. The van der Waals surface area contributed by atoms with Crippen LogP contribution in [-0.2, 0) is 0 Å². The van der Waals surface area contributed by atoms with Crippen molar-refractivity contribution in [3.8, 4) is 6.07 Å². The maximum absolute atomic E-state index is 8.92. The van der Waals surface area contributed by atoms with Crippen molar-refractivity contribution in [3.63, 3.8) is 0 Å². The predicted molar refractivity (Wildman–Crippen MR) is 57.4 cm³/mol. The molecule has 1 aromatic heterocycles. The van der Waals surface area contributed by atoms with Gasteiger partial charge in [-0.2, -0.15) is 9.64 Å².